The number of aliphatic carboxylic acids is 1. The van der Waals surface area contributed by atoms with Gasteiger partial charge in [-0.05, 0) is 30.5 Å². The molecular weight excluding hydrogens is 192 g/mol. The van der Waals surface area contributed by atoms with Crippen molar-refractivity contribution in [1.29, 1.82) is 0 Å². The Hall–Kier alpha value is -1.39. The first kappa shape index (κ1) is 11.7. The minimum Gasteiger partial charge on any atom is -0.480 e. The Labute approximate surface area is 88.9 Å². The highest BCUT2D eigenvalue weighted by Gasteiger charge is 2.11. The lowest BCUT2D eigenvalue weighted by molar-refractivity contribution is -0.138. The molecule has 15 heavy (non-hydrogen) atoms. The third-order valence-electron chi connectivity index (χ3n) is 2.23. The van der Waals surface area contributed by atoms with Crippen LogP contribution < -0.4 is 11.5 Å². The van der Waals surface area contributed by atoms with Gasteiger partial charge in [-0.3, -0.25) is 4.79 Å². The fourth-order valence-electron chi connectivity index (χ4n) is 1.35. The molecule has 0 aliphatic rings. The quantitative estimate of drug-likeness (QED) is 0.642. The summed E-state index contributed by atoms with van der Waals surface area (Å²) in [6.07, 6.45) is 1.20. The third kappa shape index (κ3) is 3.69. The van der Waals surface area contributed by atoms with Crippen LogP contribution in [0, 0.1) is 0 Å². The van der Waals surface area contributed by atoms with Crippen molar-refractivity contribution in [3.63, 3.8) is 0 Å². The van der Waals surface area contributed by atoms with Crippen LogP contribution >= 0.6 is 0 Å². The molecule has 0 unspecified atom stereocenters. The predicted molar refractivity (Wildman–Crippen MR) is 58.5 cm³/mol. The summed E-state index contributed by atoms with van der Waals surface area (Å²) >= 11 is 0. The van der Waals surface area contributed by atoms with E-state index in [0.29, 0.717) is 13.0 Å². The number of carboxylic acid groups (broad SMARTS) is 1. The normalized spacial score (nSPS) is 12.4. The number of hydrogen-bond donors (Lipinski definition) is 3. The molecule has 0 spiro atoms. The van der Waals surface area contributed by atoms with Crippen LogP contribution in [-0.4, -0.2) is 23.7 Å². The minimum atomic E-state index is -0.971. The highest BCUT2D eigenvalue weighted by atomic mass is 16.4. The molecule has 0 heterocycles. The van der Waals surface area contributed by atoms with Gasteiger partial charge in [-0.15, -0.1) is 0 Å². The zero-order valence-electron chi connectivity index (χ0n) is 8.52. The molecule has 0 aromatic heterocycles. The maximum absolute atomic E-state index is 10.5. The molecule has 82 valence electrons. The summed E-state index contributed by atoms with van der Waals surface area (Å²) < 4.78 is 0. The average Bonchev–Trinajstić information content (AvgIpc) is 2.21. The minimum absolute atomic E-state index is 0.359. The molecule has 1 aromatic carbocycles. The van der Waals surface area contributed by atoms with Crippen LogP contribution in [0.1, 0.15) is 11.1 Å². The van der Waals surface area contributed by atoms with Crippen LogP contribution in [0.25, 0.3) is 0 Å². The molecule has 0 aliphatic carbocycles. The van der Waals surface area contributed by atoms with Crippen LogP contribution in [0.15, 0.2) is 24.3 Å². The first-order valence-corrected chi connectivity index (χ1v) is 4.89. The summed E-state index contributed by atoms with van der Waals surface area (Å²) in [4.78, 5) is 10.5. The van der Waals surface area contributed by atoms with Gasteiger partial charge in [-0.1, -0.05) is 24.3 Å². The van der Waals surface area contributed by atoms with E-state index in [4.69, 9.17) is 16.6 Å². The van der Waals surface area contributed by atoms with Gasteiger partial charge in [0.25, 0.3) is 0 Å². The fraction of sp³-hybridized carbons (Fsp3) is 0.364. The van der Waals surface area contributed by atoms with Crippen molar-refractivity contribution < 1.29 is 9.90 Å². The standard InChI is InChI=1S/C11H16N2O2/c12-6-5-8-1-3-9(4-2-8)7-10(13)11(14)15/h1-4,10H,5-7,12-13H2,(H,14,15)/t10-/m1/s1. The molecule has 0 fully saturated rings. The van der Waals surface area contributed by atoms with Crippen molar-refractivity contribution in [1.82, 2.24) is 0 Å². The molecule has 0 radical (unpaired) electrons. The van der Waals surface area contributed by atoms with E-state index >= 15 is 0 Å². The Balaban J connectivity index is 2.60. The van der Waals surface area contributed by atoms with Crippen molar-refractivity contribution >= 4 is 5.97 Å². The Bertz CT molecular complexity index is 322. The van der Waals surface area contributed by atoms with E-state index in [1.54, 1.807) is 0 Å². The Morgan fingerprint density at radius 3 is 2.27 bits per heavy atom. The first-order valence-electron chi connectivity index (χ1n) is 4.89. The van der Waals surface area contributed by atoms with Crippen LogP contribution in [-0.2, 0) is 17.6 Å². The molecule has 4 heteroatoms. The molecule has 1 atom stereocenters. The zero-order valence-corrected chi connectivity index (χ0v) is 8.52. The number of carboxylic acids is 1. The SMILES string of the molecule is NCCc1ccc(C[C@@H](N)C(=O)O)cc1. The summed E-state index contributed by atoms with van der Waals surface area (Å²) in [6.45, 7) is 0.619. The maximum Gasteiger partial charge on any atom is 0.320 e. The Morgan fingerprint density at radius 1 is 1.27 bits per heavy atom. The van der Waals surface area contributed by atoms with Gasteiger partial charge in [-0.25, -0.2) is 0 Å². The number of carbonyl (C=O) groups is 1. The molecule has 0 bridgehead atoms. The van der Waals surface area contributed by atoms with Gasteiger partial charge in [0.15, 0.2) is 0 Å². The van der Waals surface area contributed by atoms with Crippen LogP contribution in [0.5, 0.6) is 0 Å². The highest BCUT2D eigenvalue weighted by molar-refractivity contribution is 5.73. The van der Waals surface area contributed by atoms with E-state index < -0.39 is 12.0 Å². The second-order valence-electron chi connectivity index (χ2n) is 3.50. The average molecular weight is 208 g/mol. The maximum atomic E-state index is 10.5. The largest absolute Gasteiger partial charge is 0.480 e. The lowest BCUT2D eigenvalue weighted by Gasteiger charge is -2.07. The van der Waals surface area contributed by atoms with Crippen molar-refractivity contribution in [2.45, 2.75) is 18.9 Å². The van der Waals surface area contributed by atoms with Crippen LogP contribution in [0.4, 0.5) is 0 Å². The van der Waals surface area contributed by atoms with Crippen molar-refractivity contribution in [2.24, 2.45) is 11.5 Å². The number of benzene rings is 1. The van der Waals surface area contributed by atoms with Crippen molar-refractivity contribution in [3.8, 4) is 0 Å². The first-order chi connectivity index (χ1) is 7.13. The molecule has 1 rings (SSSR count). The van der Waals surface area contributed by atoms with E-state index in [-0.39, 0.29) is 0 Å². The summed E-state index contributed by atoms with van der Waals surface area (Å²) in [7, 11) is 0. The fourth-order valence-corrected chi connectivity index (χ4v) is 1.35. The second kappa shape index (κ2) is 5.48. The van der Waals surface area contributed by atoms with Crippen LogP contribution in [0.2, 0.25) is 0 Å². The van der Waals surface area contributed by atoms with E-state index in [2.05, 4.69) is 0 Å². The van der Waals surface area contributed by atoms with Gasteiger partial charge < -0.3 is 16.6 Å². The smallest absolute Gasteiger partial charge is 0.320 e. The number of hydrogen-bond acceptors (Lipinski definition) is 3. The Kier molecular flexibility index (Phi) is 4.27. The van der Waals surface area contributed by atoms with Gasteiger partial charge in [-0.2, -0.15) is 0 Å². The van der Waals surface area contributed by atoms with Gasteiger partial charge >= 0.3 is 5.97 Å². The molecule has 0 saturated heterocycles. The third-order valence-corrected chi connectivity index (χ3v) is 2.23. The molecular formula is C11H16N2O2. The Morgan fingerprint density at radius 2 is 1.80 bits per heavy atom. The van der Waals surface area contributed by atoms with Gasteiger partial charge in [0, 0.05) is 0 Å². The van der Waals surface area contributed by atoms with E-state index in [9.17, 15) is 4.79 Å². The van der Waals surface area contributed by atoms with Crippen molar-refractivity contribution in [3.05, 3.63) is 35.4 Å². The molecule has 0 saturated carbocycles. The zero-order chi connectivity index (χ0) is 11.3. The lowest BCUT2D eigenvalue weighted by Crippen LogP contribution is -2.32. The van der Waals surface area contributed by atoms with Gasteiger partial charge in [0.05, 0.1) is 0 Å². The molecule has 1 aromatic rings. The van der Waals surface area contributed by atoms with Gasteiger partial charge in [0.2, 0.25) is 0 Å². The topological polar surface area (TPSA) is 89.3 Å². The summed E-state index contributed by atoms with van der Waals surface area (Å²) in [5.74, 6) is -0.971. The van der Waals surface area contributed by atoms with Gasteiger partial charge in [0.1, 0.15) is 6.04 Å². The number of nitrogens with two attached hydrogens (primary N) is 2. The highest BCUT2D eigenvalue weighted by Crippen LogP contribution is 2.06. The van der Waals surface area contributed by atoms with E-state index in [1.807, 2.05) is 24.3 Å². The lowest BCUT2D eigenvalue weighted by atomic mass is 10.0. The van der Waals surface area contributed by atoms with Crippen molar-refractivity contribution in [2.75, 3.05) is 6.54 Å². The summed E-state index contributed by atoms with van der Waals surface area (Å²) in [6, 6.07) is 6.88. The molecule has 4 nitrogen and oxygen atoms in total. The molecule has 0 amide bonds. The second-order valence-corrected chi connectivity index (χ2v) is 3.50. The summed E-state index contributed by atoms with van der Waals surface area (Å²) in [5.41, 5.74) is 12.9. The molecule has 0 aliphatic heterocycles. The van der Waals surface area contributed by atoms with E-state index in [0.717, 1.165) is 17.5 Å². The predicted octanol–water partition coefficient (Wildman–Crippen LogP) is 0.142. The monoisotopic (exact) mass is 208 g/mol. The van der Waals surface area contributed by atoms with Crippen LogP contribution in [0.3, 0.4) is 0 Å². The summed E-state index contributed by atoms with van der Waals surface area (Å²) in [5, 5.41) is 8.64. The van der Waals surface area contributed by atoms with E-state index in [1.165, 1.54) is 0 Å². The number of rotatable bonds is 5. The molecule has 5 N–H and O–H groups in total.